The van der Waals surface area contributed by atoms with E-state index in [4.69, 9.17) is 14.2 Å². The molecule has 1 aromatic heterocycles. The first-order chi connectivity index (χ1) is 15.5. The van der Waals surface area contributed by atoms with E-state index in [0.29, 0.717) is 49.8 Å². The van der Waals surface area contributed by atoms with Crippen LogP contribution < -0.4 is 15.0 Å². The van der Waals surface area contributed by atoms with Gasteiger partial charge in [0.15, 0.2) is 11.5 Å². The zero-order chi connectivity index (χ0) is 23.1. The van der Waals surface area contributed by atoms with Crippen molar-refractivity contribution in [2.45, 2.75) is 6.92 Å². The molecule has 1 aliphatic heterocycles. The number of aromatic nitrogens is 1. The molecule has 1 saturated heterocycles. The molecule has 9 nitrogen and oxygen atoms in total. The Hall–Kier alpha value is -3.75. The van der Waals surface area contributed by atoms with Crippen molar-refractivity contribution in [3.63, 3.8) is 0 Å². The fourth-order valence-electron chi connectivity index (χ4n) is 3.43. The van der Waals surface area contributed by atoms with E-state index in [2.05, 4.69) is 0 Å². The standard InChI is InChI=1S/C23H27N3O6/c1-4-32-23(29)25-13-11-24(12-14-25)22(28)18(26-10-6-5-7-21(26)27)15-17-8-9-19(30-2)20(16-17)31-3/h5-10,15-16H,4,11-14H2,1-3H3/b18-15+. The van der Waals surface area contributed by atoms with Gasteiger partial charge in [-0.05, 0) is 36.8 Å². The Balaban J connectivity index is 1.92. The first-order valence-corrected chi connectivity index (χ1v) is 10.3. The van der Waals surface area contributed by atoms with E-state index in [1.165, 1.54) is 17.7 Å². The second-order valence-corrected chi connectivity index (χ2v) is 7.03. The number of carbonyl (C=O) groups is 2. The van der Waals surface area contributed by atoms with Gasteiger partial charge in [-0.3, -0.25) is 14.2 Å². The van der Waals surface area contributed by atoms with E-state index in [0.717, 1.165) is 0 Å². The molecule has 170 valence electrons. The van der Waals surface area contributed by atoms with Gasteiger partial charge in [0.05, 0.1) is 20.8 Å². The molecular formula is C23H27N3O6. The fourth-order valence-corrected chi connectivity index (χ4v) is 3.43. The number of carbonyl (C=O) groups excluding carboxylic acids is 2. The third kappa shape index (κ3) is 5.11. The molecule has 0 aliphatic carbocycles. The number of nitrogens with zero attached hydrogens (tertiary/aromatic N) is 3. The topological polar surface area (TPSA) is 90.3 Å². The number of pyridine rings is 1. The average Bonchev–Trinajstić information content (AvgIpc) is 2.82. The summed E-state index contributed by atoms with van der Waals surface area (Å²) in [6.45, 7) is 3.44. The number of benzene rings is 1. The second kappa shape index (κ2) is 10.5. The number of ether oxygens (including phenoxy) is 3. The van der Waals surface area contributed by atoms with Crippen molar-refractivity contribution >= 4 is 23.8 Å². The fraction of sp³-hybridized carbons (Fsp3) is 0.348. The van der Waals surface area contributed by atoms with Crippen molar-refractivity contribution < 1.29 is 23.8 Å². The highest BCUT2D eigenvalue weighted by atomic mass is 16.6. The molecule has 1 aliphatic rings. The number of amides is 2. The minimum atomic E-state index is -0.389. The van der Waals surface area contributed by atoms with Crippen LogP contribution >= 0.6 is 0 Å². The summed E-state index contributed by atoms with van der Waals surface area (Å²) < 4.78 is 17.0. The molecule has 0 radical (unpaired) electrons. The monoisotopic (exact) mass is 441 g/mol. The van der Waals surface area contributed by atoms with Crippen molar-refractivity contribution in [3.8, 4) is 11.5 Å². The van der Waals surface area contributed by atoms with Crippen LogP contribution in [0.3, 0.4) is 0 Å². The van der Waals surface area contributed by atoms with Gasteiger partial charge in [0.1, 0.15) is 5.70 Å². The van der Waals surface area contributed by atoms with Crippen molar-refractivity contribution in [3.05, 3.63) is 58.5 Å². The van der Waals surface area contributed by atoms with E-state index < -0.39 is 0 Å². The summed E-state index contributed by atoms with van der Waals surface area (Å²) in [5.74, 6) is 0.762. The van der Waals surface area contributed by atoms with E-state index in [9.17, 15) is 14.4 Å². The van der Waals surface area contributed by atoms with Crippen molar-refractivity contribution in [1.82, 2.24) is 14.4 Å². The maximum Gasteiger partial charge on any atom is 0.409 e. The number of hydrogen-bond acceptors (Lipinski definition) is 6. The Morgan fingerprint density at radius 3 is 2.28 bits per heavy atom. The van der Waals surface area contributed by atoms with Gasteiger partial charge in [0.25, 0.3) is 11.5 Å². The maximum absolute atomic E-state index is 13.4. The van der Waals surface area contributed by atoms with Crippen LogP contribution in [-0.2, 0) is 9.53 Å². The molecular weight excluding hydrogens is 414 g/mol. The van der Waals surface area contributed by atoms with E-state index >= 15 is 0 Å². The van der Waals surface area contributed by atoms with E-state index in [-0.39, 0.29) is 23.3 Å². The van der Waals surface area contributed by atoms with Gasteiger partial charge < -0.3 is 24.0 Å². The average molecular weight is 441 g/mol. The minimum Gasteiger partial charge on any atom is -0.493 e. The predicted molar refractivity (Wildman–Crippen MR) is 120 cm³/mol. The molecule has 0 atom stereocenters. The first-order valence-electron chi connectivity index (χ1n) is 10.3. The Bertz CT molecular complexity index is 1050. The van der Waals surface area contributed by atoms with Crippen LogP contribution in [0.5, 0.6) is 11.5 Å². The molecule has 1 aromatic carbocycles. The summed E-state index contributed by atoms with van der Waals surface area (Å²) in [5.41, 5.74) is 0.553. The van der Waals surface area contributed by atoms with Crippen LogP contribution in [0.15, 0.2) is 47.4 Å². The first kappa shape index (κ1) is 22.9. The van der Waals surface area contributed by atoms with Crippen molar-refractivity contribution in [1.29, 1.82) is 0 Å². The Morgan fingerprint density at radius 2 is 1.66 bits per heavy atom. The lowest BCUT2D eigenvalue weighted by Crippen LogP contribution is -2.51. The Kier molecular flexibility index (Phi) is 7.54. The van der Waals surface area contributed by atoms with E-state index in [1.807, 2.05) is 0 Å². The number of hydrogen-bond donors (Lipinski definition) is 0. The molecule has 3 rings (SSSR count). The predicted octanol–water partition coefficient (Wildman–Crippen LogP) is 2.16. The van der Waals surface area contributed by atoms with Crippen LogP contribution in [0.2, 0.25) is 0 Å². The summed E-state index contributed by atoms with van der Waals surface area (Å²) in [7, 11) is 3.07. The van der Waals surface area contributed by atoms with Gasteiger partial charge in [-0.2, -0.15) is 0 Å². The Morgan fingerprint density at radius 1 is 0.969 bits per heavy atom. The minimum absolute atomic E-state index is 0.201. The molecule has 9 heteroatoms. The van der Waals surface area contributed by atoms with E-state index in [1.54, 1.807) is 66.4 Å². The van der Waals surface area contributed by atoms with Crippen molar-refractivity contribution in [2.24, 2.45) is 0 Å². The molecule has 0 spiro atoms. The highest BCUT2D eigenvalue weighted by Crippen LogP contribution is 2.29. The van der Waals surface area contributed by atoms with Gasteiger partial charge in [0, 0.05) is 38.4 Å². The van der Waals surface area contributed by atoms with Gasteiger partial charge in [-0.1, -0.05) is 12.1 Å². The molecule has 2 amide bonds. The molecule has 0 saturated carbocycles. The maximum atomic E-state index is 13.4. The number of methoxy groups -OCH3 is 2. The molecule has 32 heavy (non-hydrogen) atoms. The molecule has 2 aromatic rings. The van der Waals surface area contributed by atoms with Gasteiger partial charge >= 0.3 is 6.09 Å². The third-order valence-corrected chi connectivity index (χ3v) is 5.11. The normalized spacial score (nSPS) is 14.2. The largest absolute Gasteiger partial charge is 0.493 e. The summed E-state index contributed by atoms with van der Waals surface area (Å²) in [4.78, 5) is 41.1. The molecule has 2 heterocycles. The van der Waals surface area contributed by atoms with Crippen LogP contribution in [-0.4, -0.2) is 73.4 Å². The molecule has 0 bridgehead atoms. The zero-order valence-electron chi connectivity index (χ0n) is 18.4. The zero-order valence-corrected chi connectivity index (χ0v) is 18.4. The molecule has 0 N–H and O–H groups in total. The number of rotatable bonds is 6. The van der Waals surface area contributed by atoms with Crippen LogP contribution in [0.4, 0.5) is 4.79 Å². The van der Waals surface area contributed by atoms with Crippen molar-refractivity contribution in [2.75, 3.05) is 47.0 Å². The smallest absolute Gasteiger partial charge is 0.409 e. The lowest BCUT2D eigenvalue weighted by molar-refractivity contribution is -0.126. The SMILES string of the molecule is CCOC(=O)N1CCN(C(=O)/C(=C\c2ccc(OC)c(OC)c2)n2ccccc2=O)CC1. The summed E-state index contributed by atoms with van der Waals surface area (Å²) >= 11 is 0. The molecule has 0 unspecified atom stereocenters. The molecule has 1 fully saturated rings. The Labute approximate surface area is 186 Å². The summed E-state index contributed by atoms with van der Waals surface area (Å²) in [6, 6.07) is 9.96. The van der Waals surface area contributed by atoms with Crippen LogP contribution in [0, 0.1) is 0 Å². The summed E-state index contributed by atoms with van der Waals surface area (Å²) in [5, 5.41) is 0. The van der Waals surface area contributed by atoms with Crippen LogP contribution in [0.25, 0.3) is 11.8 Å². The lowest BCUT2D eigenvalue weighted by atomic mass is 10.1. The highest BCUT2D eigenvalue weighted by molar-refractivity contribution is 6.18. The quantitative estimate of drug-likeness (QED) is 0.638. The van der Waals surface area contributed by atoms with Crippen LogP contribution in [0.1, 0.15) is 12.5 Å². The third-order valence-electron chi connectivity index (χ3n) is 5.11. The van der Waals surface area contributed by atoms with Gasteiger partial charge in [-0.15, -0.1) is 0 Å². The summed E-state index contributed by atoms with van der Waals surface area (Å²) in [6.07, 6.45) is 2.81. The second-order valence-electron chi connectivity index (χ2n) is 7.03. The number of piperazine rings is 1. The highest BCUT2D eigenvalue weighted by Gasteiger charge is 2.27. The lowest BCUT2D eigenvalue weighted by Gasteiger charge is -2.34. The van der Waals surface area contributed by atoms with Gasteiger partial charge in [0.2, 0.25) is 0 Å². The van der Waals surface area contributed by atoms with Gasteiger partial charge in [-0.25, -0.2) is 4.79 Å².